The monoisotopic (exact) mass is 913 g/mol. The van der Waals surface area contributed by atoms with Crippen LogP contribution < -0.4 is 0 Å². The first-order chi connectivity index (χ1) is 31.1. The van der Waals surface area contributed by atoms with E-state index in [0.29, 0.717) is 13.0 Å². The van der Waals surface area contributed by atoms with Crippen molar-refractivity contribution in [2.24, 2.45) is 0 Å². The molecule has 14 heteroatoms. The molecule has 2 heterocycles. The van der Waals surface area contributed by atoms with Crippen molar-refractivity contribution in [1.82, 2.24) is 0 Å². The molecule has 0 aromatic heterocycles. The lowest BCUT2D eigenvalue weighted by Crippen LogP contribution is -2.61. The van der Waals surface area contributed by atoms with Gasteiger partial charge in [-0.1, -0.05) is 152 Å². The number of ether oxygens (including phenoxy) is 6. The first kappa shape index (κ1) is 58.1. The molecule has 0 radical (unpaired) electrons. The first-order valence-corrected chi connectivity index (χ1v) is 24.7. The minimum Gasteiger partial charge on any atom is -0.457 e. The Morgan fingerprint density at radius 2 is 1.02 bits per heavy atom. The van der Waals surface area contributed by atoms with Gasteiger partial charge in [-0.2, -0.15) is 0 Å². The summed E-state index contributed by atoms with van der Waals surface area (Å²) in [4.78, 5) is 13.0. The van der Waals surface area contributed by atoms with Crippen LogP contribution in [-0.4, -0.2) is 142 Å². The number of rotatable bonds is 38. The highest BCUT2D eigenvalue weighted by Crippen LogP contribution is 2.26. The van der Waals surface area contributed by atoms with Gasteiger partial charge in [0, 0.05) is 13.0 Å². The number of carbonyl (C=O) groups is 1. The Labute approximate surface area is 384 Å². The number of allylic oxidation sites excluding steroid dienone is 8. The second kappa shape index (κ2) is 38.0. The molecule has 2 fully saturated rings. The topological polar surface area (TPSA) is 214 Å². The zero-order valence-corrected chi connectivity index (χ0v) is 39.3. The molecule has 0 aromatic carbocycles. The van der Waals surface area contributed by atoms with Crippen molar-refractivity contribution in [1.29, 1.82) is 0 Å². The lowest BCUT2D eigenvalue weighted by Gasteiger charge is -2.42. The van der Waals surface area contributed by atoms with E-state index in [2.05, 4.69) is 62.5 Å². The van der Waals surface area contributed by atoms with E-state index < -0.39 is 86.7 Å². The quantitative estimate of drug-likeness (QED) is 0.0193. The van der Waals surface area contributed by atoms with Gasteiger partial charge in [-0.25, -0.2) is 0 Å². The summed E-state index contributed by atoms with van der Waals surface area (Å²) < 4.78 is 34.2. The normalized spacial score (nSPS) is 27.1. The molecule has 0 amide bonds. The second-order valence-corrected chi connectivity index (χ2v) is 17.3. The third kappa shape index (κ3) is 25.7. The summed E-state index contributed by atoms with van der Waals surface area (Å²) in [5.41, 5.74) is 0. The van der Waals surface area contributed by atoms with Crippen molar-refractivity contribution in [3.63, 3.8) is 0 Å². The van der Waals surface area contributed by atoms with E-state index in [-0.39, 0.29) is 19.6 Å². The van der Waals surface area contributed by atoms with Crippen molar-refractivity contribution in [2.75, 3.05) is 33.0 Å². The van der Waals surface area contributed by atoms with Crippen LogP contribution in [0, 0.1) is 0 Å². The van der Waals surface area contributed by atoms with Crippen molar-refractivity contribution >= 4 is 5.97 Å². The lowest BCUT2D eigenvalue weighted by atomic mass is 9.98. The molecule has 2 aliphatic rings. The molecule has 2 rings (SSSR count). The molecule has 7 N–H and O–H groups in total. The van der Waals surface area contributed by atoms with E-state index in [4.69, 9.17) is 28.4 Å². The standard InChI is InChI=1S/C50H88O14/c1-3-5-7-9-11-13-15-17-19-21-23-25-27-29-31-33-42(52)62-39(36-59-34-32-30-28-26-24-22-20-18-16-14-12-10-8-6-4-2)37-60-49-48(58)46(56)44(54)41(64-49)38-61-50-47(57)45(55)43(53)40(35-51)63-50/h5,7,11,13,17,19,23,25,39-41,43-51,53-58H,3-4,6,8-10,12,14-16,18,20-22,24,26-38H2,1-2H3/b7-5-,13-11-,19-17-,25-23-. The summed E-state index contributed by atoms with van der Waals surface area (Å²) in [6, 6.07) is 0. The minimum atomic E-state index is -1.71. The summed E-state index contributed by atoms with van der Waals surface area (Å²) in [5, 5.41) is 72.0. The van der Waals surface area contributed by atoms with Gasteiger partial charge in [-0.3, -0.25) is 4.79 Å². The van der Waals surface area contributed by atoms with Gasteiger partial charge in [0.25, 0.3) is 0 Å². The minimum absolute atomic E-state index is 0.0456. The highest BCUT2D eigenvalue weighted by Gasteiger charge is 2.47. The first-order valence-electron chi connectivity index (χ1n) is 24.7. The number of esters is 1. The van der Waals surface area contributed by atoms with Gasteiger partial charge >= 0.3 is 5.97 Å². The van der Waals surface area contributed by atoms with Crippen LogP contribution in [0.3, 0.4) is 0 Å². The van der Waals surface area contributed by atoms with E-state index in [1.807, 2.05) is 0 Å². The molecule has 14 nitrogen and oxygen atoms in total. The fourth-order valence-corrected chi connectivity index (χ4v) is 7.57. The zero-order valence-electron chi connectivity index (χ0n) is 39.3. The third-order valence-corrected chi connectivity index (χ3v) is 11.6. The molecule has 0 spiro atoms. The SMILES string of the molecule is CC/C=C\C/C=C\C/C=C\C/C=C\CCCCC(=O)OC(COCCCCCCCCCCCCCCCCC)COC1OC(COC2OC(CO)C(O)C(O)C2O)C(O)C(O)C1O. The van der Waals surface area contributed by atoms with Crippen LogP contribution in [0.15, 0.2) is 48.6 Å². The van der Waals surface area contributed by atoms with Gasteiger partial charge in [-0.05, 0) is 51.4 Å². The molecule has 372 valence electrons. The Morgan fingerprint density at radius 1 is 0.531 bits per heavy atom. The smallest absolute Gasteiger partial charge is 0.306 e. The van der Waals surface area contributed by atoms with Crippen molar-refractivity contribution < 1.29 is 69.0 Å². The van der Waals surface area contributed by atoms with Crippen LogP contribution in [0.25, 0.3) is 0 Å². The average molecular weight is 913 g/mol. The second-order valence-electron chi connectivity index (χ2n) is 17.3. The number of aliphatic hydroxyl groups excluding tert-OH is 7. The van der Waals surface area contributed by atoms with Crippen molar-refractivity contribution in [2.45, 2.75) is 229 Å². The molecule has 2 saturated heterocycles. The molecule has 0 aliphatic carbocycles. The van der Waals surface area contributed by atoms with Crippen LogP contribution in [0.1, 0.15) is 162 Å². The third-order valence-electron chi connectivity index (χ3n) is 11.6. The molecular formula is C50H88O14. The van der Waals surface area contributed by atoms with Gasteiger partial charge in [-0.15, -0.1) is 0 Å². The van der Waals surface area contributed by atoms with E-state index >= 15 is 0 Å². The van der Waals surface area contributed by atoms with Crippen LogP contribution in [0.4, 0.5) is 0 Å². The fraction of sp³-hybridized carbons (Fsp3) is 0.820. The van der Waals surface area contributed by atoms with E-state index in [0.717, 1.165) is 57.8 Å². The Kier molecular flexibility index (Phi) is 34.5. The summed E-state index contributed by atoms with van der Waals surface area (Å²) in [6.07, 6.45) is 26.1. The Hall–Kier alpha value is -2.05. The number of carbonyl (C=O) groups excluding carboxylic acids is 1. The molecule has 11 unspecified atom stereocenters. The van der Waals surface area contributed by atoms with E-state index in [1.54, 1.807) is 0 Å². The lowest BCUT2D eigenvalue weighted by molar-refractivity contribution is -0.332. The molecule has 11 atom stereocenters. The maximum absolute atomic E-state index is 13.0. The Morgan fingerprint density at radius 3 is 1.56 bits per heavy atom. The predicted octanol–water partition coefficient (Wildman–Crippen LogP) is 6.79. The molecule has 2 aliphatic heterocycles. The van der Waals surface area contributed by atoms with Crippen LogP contribution in [-0.2, 0) is 33.2 Å². The maximum atomic E-state index is 13.0. The highest BCUT2D eigenvalue weighted by atomic mass is 16.7. The highest BCUT2D eigenvalue weighted by molar-refractivity contribution is 5.69. The number of aliphatic hydroxyl groups is 7. The number of hydrogen-bond acceptors (Lipinski definition) is 14. The number of unbranched alkanes of at least 4 members (excludes halogenated alkanes) is 16. The van der Waals surface area contributed by atoms with Crippen molar-refractivity contribution in [3.05, 3.63) is 48.6 Å². The van der Waals surface area contributed by atoms with Gasteiger partial charge in [0.05, 0.1) is 26.4 Å². The summed E-state index contributed by atoms with van der Waals surface area (Å²) in [5.74, 6) is -0.416. The van der Waals surface area contributed by atoms with Gasteiger partial charge in [0.1, 0.15) is 54.9 Å². The fourth-order valence-electron chi connectivity index (χ4n) is 7.57. The molecule has 64 heavy (non-hydrogen) atoms. The average Bonchev–Trinajstić information content (AvgIpc) is 3.29. The zero-order chi connectivity index (χ0) is 46.6. The van der Waals surface area contributed by atoms with Crippen LogP contribution in [0.2, 0.25) is 0 Å². The maximum Gasteiger partial charge on any atom is 0.306 e. The Balaban J connectivity index is 1.81. The van der Waals surface area contributed by atoms with Gasteiger partial charge in [0.2, 0.25) is 0 Å². The summed E-state index contributed by atoms with van der Waals surface area (Å²) in [7, 11) is 0. The number of hydrogen-bond donors (Lipinski definition) is 7. The molecule has 0 aromatic rings. The van der Waals surface area contributed by atoms with E-state index in [9.17, 15) is 40.5 Å². The Bertz CT molecular complexity index is 1240. The van der Waals surface area contributed by atoms with E-state index in [1.165, 1.54) is 77.0 Å². The van der Waals surface area contributed by atoms with Crippen LogP contribution in [0.5, 0.6) is 0 Å². The van der Waals surface area contributed by atoms with Gasteiger partial charge in [0.15, 0.2) is 12.6 Å². The summed E-state index contributed by atoms with van der Waals surface area (Å²) in [6.45, 7) is 3.52. The van der Waals surface area contributed by atoms with Crippen molar-refractivity contribution in [3.8, 4) is 0 Å². The predicted molar refractivity (Wildman–Crippen MR) is 247 cm³/mol. The van der Waals surface area contributed by atoms with Crippen LogP contribution >= 0.6 is 0 Å². The summed E-state index contributed by atoms with van der Waals surface area (Å²) >= 11 is 0. The molecule has 0 bridgehead atoms. The molecule has 0 saturated carbocycles. The van der Waals surface area contributed by atoms with Gasteiger partial charge < -0.3 is 64.2 Å². The largest absolute Gasteiger partial charge is 0.457 e. The molecular weight excluding hydrogens is 825 g/mol.